The zero-order chi connectivity index (χ0) is 18.6. The van der Waals surface area contributed by atoms with Gasteiger partial charge in [-0.15, -0.1) is 0 Å². The minimum atomic E-state index is -0.913. The van der Waals surface area contributed by atoms with Gasteiger partial charge in [-0.3, -0.25) is 9.59 Å². The molecule has 25 heavy (non-hydrogen) atoms. The van der Waals surface area contributed by atoms with E-state index in [0.717, 1.165) is 25.7 Å². The quantitative estimate of drug-likeness (QED) is 0.319. The monoisotopic (exact) mass is 368 g/mol. The Labute approximate surface area is 173 Å². The van der Waals surface area contributed by atoms with Crippen LogP contribution in [0.2, 0.25) is 0 Å². The molecule has 0 spiro atoms. The summed E-state index contributed by atoms with van der Waals surface area (Å²) in [6.07, 6.45) is 11.6. The number of aliphatic carboxylic acids is 3. The SMILES string of the molecule is CCCCCCCCCC(=O)[O-].O=C(O)CCCCCCC(=O)O.[Na+]. The van der Waals surface area contributed by atoms with Crippen LogP contribution in [0.1, 0.15) is 96.8 Å². The van der Waals surface area contributed by atoms with Crippen LogP contribution in [0.4, 0.5) is 0 Å². The Balaban J connectivity index is -0.000000372. The predicted octanol–water partition coefficient (Wildman–Crippen LogP) is 0.377. The third-order valence-electron chi connectivity index (χ3n) is 3.52. The van der Waals surface area contributed by atoms with Gasteiger partial charge >= 0.3 is 41.5 Å². The second-order valence-corrected chi connectivity index (χ2v) is 5.95. The van der Waals surface area contributed by atoms with Crippen molar-refractivity contribution in [2.75, 3.05) is 0 Å². The van der Waals surface area contributed by atoms with E-state index in [2.05, 4.69) is 6.92 Å². The van der Waals surface area contributed by atoms with Crippen molar-refractivity contribution >= 4 is 17.9 Å². The Kier molecular flexibility index (Phi) is 27.3. The van der Waals surface area contributed by atoms with Crippen LogP contribution >= 0.6 is 0 Å². The first kappa shape index (κ1) is 29.2. The van der Waals surface area contributed by atoms with Crippen molar-refractivity contribution in [3.63, 3.8) is 0 Å². The van der Waals surface area contributed by atoms with E-state index in [1.165, 1.54) is 32.1 Å². The Morgan fingerprint density at radius 2 is 0.960 bits per heavy atom. The number of carboxylic acid groups (broad SMARTS) is 3. The van der Waals surface area contributed by atoms with Crippen molar-refractivity contribution in [2.45, 2.75) is 96.8 Å². The molecule has 0 aromatic rings. The van der Waals surface area contributed by atoms with Crippen molar-refractivity contribution in [3.8, 4) is 0 Å². The number of hydrogen-bond donors (Lipinski definition) is 2. The van der Waals surface area contributed by atoms with Gasteiger partial charge in [0, 0.05) is 18.8 Å². The average molecular weight is 368 g/mol. The van der Waals surface area contributed by atoms with Gasteiger partial charge in [0.15, 0.2) is 0 Å². The maximum atomic E-state index is 10.0. The number of carbonyl (C=O) groups is 3. The van der Waals surface area contributed by atoms with E-state index in [0.29, 0.717) is 12.8 Å². The Bertz CT molecular complexity index is 316. The maximum Gasteiger partial charge on any atom is 1.00 e. The molecule has 0 saturated heterocycles. The van der Waals surface area contributed by atoms with Gasteiger partial charge in [0.25, 0.3) is 0 Å². The van der Waals surface area contributed by atoms with Crippen molar-refractivity contribution in [2.24, 2.45) is 0 Å². The molecule has 0 aromatic heterocycles. The van der Waals surface area contributed by atoms with Gasteiger partial charge in [0.1, 0.15) is 0 Å². The summed E-state index contributed by atoms with van der Waals surface area (Å²) >= 11 is 0. The molecule has 0 radical (unpaired) electrons. The van der Waals surface area contributed by atoms with Crippen LogP contribution in [-0.2, 0) is 14.4 Å². The second kappa shape index (κ2) is 23.4. The van der Waals surface area contributed by atoms with Crippen LogP contribution in [-0.4, -0.2) is 28.1 Å². The van der Waals surface area contributed by atoms with Gasteiger partial charge in [0.2, 0.25) is 0 Å². The molecular weight excluding hydrogens is 335 g/mol. The summed E-state index contributed by atoms with van der Waals surface area (Å²) in [6.45, 7) is 2.19. The molecule has 0 saturated carbocycles. The van der Waals surface area contributed by atoms with Crippen LogP contribution in [0.3, 0.4) is 0 Å². The molecule has 0 bridgehead atoms. The zero-order valence-electron chi connectivity index (χ0n) is 15.9. The zero-order valence-corrected chi connectivity index (χ0v) is 17.9. The van der Waals surface area contributed by atoms with Crippen LogP contribution < -0.4 is 34.7 Å². The van der Waals surface area contributed by atoms with Gasteiger partial charge in [-0.25, -0.2) is 0 Å². The summed E-state index contributed by atoms with van der Waals surface area (Å²) in [5, 5.41) is 26.6. The normalized spacial score (nSPS) is 9.48. The fraction of sp³-hybridized carbons (Fsp3) is 0.833. The summed E-state index contributed by atoms with van der Waals surface area (Å²) in [7, 11) is 0. The molecule has 0 atom stereocenters. The molecule has 0 aliphatic heterocycles. The molecule has 0 rings (SSSR count). The van der Waals surface area contributed by atoms with Gasteiger partial charge in [0.05, 0.1) is 0 Å². The summed E-state index contributed by atoms with van der Waals surface area (Å²) in [4.78, 5) is 30.1. The molecule has 0 heterocycles. The van der Waals surface area contributed by atoms with E-state index in [-0.39, 0.29) is 48.8 Å². The van der Waals surface area contributed by atoms with E-state index < -0.39 is 17.9 Å². The van der Waals surface area contributed by atoms with Crippen LogP contribution in [0.25, 0.3) is 0 Å². The molecule has 7 heteroatoms. The first-order valence-corrected chi connectivity index (χ1v) is 9.03. The van der Waals surface area contributed by atoms with Crippen LogP contribution in [0, 0.1) is 0 Å². The second-order valence-electron chi connectivity index (χ2n) is 5.95. The first-order chi connectivity index (χ1) is 11.4. The van der Waals surface area contributed by atoms with Gasteiger partial charge in [-0.1, -0.05) is 58.3 Å². The average Bonchev–Trinajstić information content (AvgIpc) is 2.50. The Morgan fingerprint density at radius 3 is 1.28 bits per heavy atom. The van der Waals surface area contributed by atoms with Crippen LogP contribution in [0.5, 0.6) is 0 Å². The topological polar surface area (TPSA) is 115 Å². The number of hydrogen-bond acceptors (Lipinski definition) is 4. The molecule has 0 fully saturated rings. The fourth-order valence-corrected chi connectivity index (χ4v) is 2.13. The van der Waals surface area contributed by atoms with E-state index in [9.17, 15) is 19.5 Å². The minimum Gasteiger partial charge on any atom is -0.550 e. The minimum absolute atomic E-state index is 0. The molecule has 2 N–H and O–H groups in total. The van der Waals surface area contributed by atoms with Crippen molar-refractivity contribution in [3.05, 3.63) is 0 Å². The largest absolute Gasteiger partial charge is 1.00 e. The van der Waals surface area contributed by atoms with E-state index in [1.807, 2.05) is 0 Å². The third-order valence-corrected chi connectivity index (χ3v) is 3.52. The van der Waals surface area contributed by atoms with Crippen molar-refractivity contribution in [1.29, 1.82) is 0 Å². The molecule has 142 valence electrons. The molecule has 0 unspecified atom stereocenters. The number of unbranched alkanes of at least 4 members (excludes halogenated alkanes) is 9. The van der Waals surface area contributed by atoms with Gasteiger partial charge in [-0.2, -0.15) is 0 Å². The van der Waals surface area contributed by atoms with E-state index >= 15 is 0 Å². The molecular formula is C18H33NaO6. The smallest absolute Gasteiger partial charge is 0.550 e. The summed E-state index contributed by atoms with van der Waals surface area (Å²) < 4.78 is 0. The standard InChI is InChI=1S/C10H20O2.C8H14O4.Na/c1-2-3-4-5-6-7-8-9-10(11)12;9-7(10)5-3-1-2-4-6-8(11)12;/h2-9H2,1H3,(H,11,12);1-6H2,(H,9,10)(H,11,12);/q;;+1/p-1. The molecule has 6 nitrogen and oxygen atoms in total. The van der Waals surface area contributed by atoms with E-state index in [4.69, 9.17) is 10.2 Å². The fourth-order valence-electron chi connectivity index (χ4n) is 2.13. The molecule has 0 aromatic carbocycles. The van der Waals surface area contributed by atoms with Crippen molar-refractivity contribution in [1.82, 2.24) is 0 Å². The van der Waals surface area contributed by atoms with E-state index in [1.54, 1.807) is 0 Å². The number of rotatable bonds is 15. The van der Waals surface area contributed by atoms with Gasteiger partial charge in [-0.05, 0) is 25.7 Å². The Morgan fingerprint density at radius 1 is 0.640 bits per heavy atom. The summed E-state index contributed by atoms with van der Waals surface area (Å²) in [6, 6.07) is 0. The van der Waals surface area contributed by atoms with Gasteiger partial charge < -0.3 is 20.1 Å². The summed E-state index contributed by atoms with van der Waals surface area (Å²) in [5.41, 5.74) is 0. The van der Waals surface area contributed by atoms with Crippen LogP contribution in [0.15, 0.2) is 0 Å². The molecule has 0 aliphatic carbocycles. The summed E-state index contributed by atoms with van der Waals surface area (Å²) in [5.74, 6) is -2.48. The predicted molar refractivity (Wildman–Crippen MR) is 90.6 cm³/mol. The maximum absolute atomic E-state index is 10.0. The molecule has 0 amide bonds. The molecule has 0 aliphatic rings. The third kappa shape index (κ3) is 35.4. The number of carbonyl (C=O) groups excluding carboxylic acids is 1. The first-order valence-electron chi connectivity index (χ1n) is 9.03. The van der Waals surface area contributed by atoms with Crippen molar-refractivity contribution < 1.29 is 59.3 Å². The number of carboxylic acids is 3. The Hall–Kier alpha value is -0.590.